The van der Waals surface area contributed by atoms with Crippen LogP contribution in [0.3, 0.4) is 0 Å². The maximum Gasteiger partial charge on any atom is 0.170 e. The summed E-state index contributed by atoms with van der Waals surface area (Å²) in [5.41, 5.74) is 1.05. The Morgan fingerprint density at radius 3 is 2.57 bits per heavy atom. The topological polar surface area (TPSA) is 34.1 Å². The first-order valence-electron chi connectivity index (χ1n) is 7.67. The molecule has 1 aliphatic carbocycles. The van der Waals surface area contributed by atoms with Crippen molar-refractivity contribution in [3.05, 3.63) is 72.3 Å². The Labute approximate surface area is 146 Å². The summed E-state index contributed by atoms with van der Waals surface area (Å²) in [6, 6.07) is 14.3. The standard InChI is InChI=1S/C19H19BrO2S/c1-15-6-4-5-12-19(15,20)23(21,22)13-11-16-9-10-17-7-2-3-8-18(17)14-16/h2-10,12,14-15H,11,13H2,1H3. The van der Waals surface area contributed by atoms with Gasteiger partial charge in [0.05, 0.1) is 5.75 Å². The van der Waals surface area contributed by atoms with Gasteiger partial charge < -0.3 is 0 Å². The Balaban J connectivity index is 1.81. The van der Waals surface area contributed by atoms with Gasteiger partial charge in [0.25, 0.3) is 0 Å². The minimum atomic E-state index is -3.30. The van der Waals surface area contributed by atoms with Crippen molar-refractivity contribution in [2.24, 2.45) is 5.92 Å². The third-order valence-corrected chi connectivity index (χ3v) is 9.07. The molecule has 2 atom stereocenters. The second-order valence-corrected chi connectivity index (χ2v) is 10.1. The summed E-state index contributed by atoms with van der Waals surface area (Å²) in [6.45, 7) is 1.92. The van der Waals surface area contributed by atoms with Crippen molar-refractivity contribution in [2.45, 2.75) is 17.0 Å². The summed E-state index contributed by atoms with van der Waals surface area (Å²) < 4.78 is 24.7. The normalized spacial score (nSPS) is 24.2. The lowest BCUT2D eigenvalue weighted by molar-refractivity contribution is 0.563. The van der Waals surface area contributed by atoms with Crippen LogP contribution in [0.1, 0.15) is 12.5 Å². The summed E-state index contributed by atoms with van der Waals surface area (Å²) in [5, 5.41) is 2.31. The monoisotopic (exact) mass is 390 g/mol. The van der Waals surface area contributed by atoms with Crippen molar-refractivity contribution in [1.29, 1.82) is 0 Å². The number of halogens is 1. The number of benzene rings is 2. The van der Waals surface area contributed by atoms with Gasteiger partial charge in [-0.25, -0.2) is 8.42 Å². The fraction of sp³-hybridized carbons (Fsp3) is 0.263. The molecule has 4 heteroatoms. The summed E-state index contributed by atoms with van der Waals surface area (Å²) in [7, 11) is -3.30. The van der Waals surface area contributed by atoms with Crippen LogP contribution in [0.15, 0.2) is 66.8 Å². The maximum absolute atomic E-state index is 12.8. The van der Waals surface area contributed by atoms with E-state index in [1.165, 1.54) is 5.39 Å². The van der Waals surface area contributed by atoms with Crippen molar-refractivity contribution in [2.75, 3.05) is 5.75 Å². The lowest BCUT2D eigenvalue weighted by Gasteiger charge is -2.30. The van der Waals surface area contributed by atoms with E-state index in [0.717, 1.165) is 10.9 Å². The number of fused-ring (bicyclic) bond motifs is 1. The number of alkyl halides is 1. The summed E-state index contributed by atoms with van der Waals surface area (Å²) in [5.74, 6) is 0.0353. The number of sulfone groups is 1. The third-order valence-electron chi connectivity index (χ3n) is 4.41. The predicted octanol–water partition coefficient (Wildman–Crippen LogP) is 4.65. The van der Waals surface area contributed by atoms with E-state index in [1.807, 2.05) is 43.3 Å². The highest BCUT2D eigenvalue weighted by atomic mass is 79.9. The summed E-state index contributed by atoms with van der Waals surface area (Å²) in [6.07, 6.45) is 7.87. The highest BCUT2D eigenvalue weighted by Crippen LogP contribution is 2.39. The van der Waals surface area contributed by atoms with Crippen LogP contribution in [0.2, 0.25) is 0 Å². The molecule has 23 heavy (non-hydrogen) atoms. The molecule has 120 valence electrons. The molecule has 0 bridgehead atoms. The van der Waals surface area contributed by atoms with E-state index in [2.05, 4.69) is 34.1 Å². The number of aryl methyl sites for hydroxylation is 1. The zero-order valence-electron chi connectivity index (χ0n) is 12.9. The predicted molar refractivity (Wildman–Crippen MR) is 101 cm³/mol. The summed E-state index contributed by atoms with van der Waals surface area (Å²) in [4.78, 5) is 0. The first-order chi connectivity index (χ1) is 10.9. The van der Waals surface area contributed by atoms with Crippen molar-refractivity contribution < 1.29 is 8.42 Å². The van der Waals surface area contributed by atoms with Crippen LogP contribution in [-0.2, 0) is 16.3 Å². The smallest absolute Gasteiger partial charge is 0.170 e. The molecule has 2 nitrogen and oxygen atoms in total. The van der Waals surface area contributed by atoms with Crippen LogP contribution in [0.25, 0.3) is 10.8 Å². The van der Waals surface area contributed by atoms with Gasteiger partial charge in [-0.2, -0.15) is 0 Å². The fourth-order valence-corrected chi connectivity index (χ4v) is 5.43. The molecular weight excluding hydrogens is 372 g/mol. The van der Waals surface area contributed by atoms with E-state index < -0.39 is 13.5 Å². The van der Waals surface area contributed by atoms with Gasteiger partial charge in [-0.05, 0) is 22.8 Å². The van der Waals surface area contributed by atoms with Gasteiger partial charge >= 0.3 is 0 Å². The zero-order chi connectivity index (χ0) is 16.5. The van der Waals surface area contributed by atoms with Gasteiger partial charge in [-0.3, -0.25) is 0 Å². The van der Waals surface area contributed by atoms with Crippen molar-refractivity contribution in [1.82, 2.24) is 0 Å². The van der Waals surface area contributed by atoms with E-state index in [-0.39, 0.29) is 11.7 Å². The van der Waals surface area contributed by atoms with Crippen LogP contribution in [0.4, 0.5) is 0 Å². The Hall–Kier alpha value is -1.39. The van der Waals surface area contributed by atoms with Crippen molar-refractivity contribution in [3.63, 3.8) is 0 Å². The Bertz CT molecular complexity index is 883. The lowest BCUT2D eigenvalue weighted by atomic mass is 10.0. The Morgan fingerprint density at radius 1 is 1.09 bits per heavy atom. The molecule has 0 amide bonds. The molecule has 2 aromatic rings. The molecule has 0 N–H and O–H groups in total. The van der Waals surface area contributed by atoms with Gasteiger partial charge in [0.1, 0.15) is 0 Å². The van der Waals surface area contributed by atoms with Gasteiger partial charge in [-0.15, -0.1) is 0 Å². The first-order valence-corrected chi connectivity index (χ1v) is 10.1. The number of rotatable bonds is 4. The van der Waals surface area contributed by atoms with Crippen LogP contribution >= 0.6 is 15.9 Å². The molecule has 0 heterocycles. The number of hydrogen-bond acceptors (Lipinski definition) is 2. The average molecular weight is 391 g/mol. The molecule has 0 fully saturated rings. The minimum Gasteiger partial charge on any atom is -0.227 e. The Kier molecular flexibility index (Phi) is 4.47. The molecule has 2 unspecified atom stereocenters. The molecule has 0 spiro atoms. The average Bonchev–Trinajstić information content (AvgIpc) is 2.55. The van der Waals surface area contributed by atoms with Crippen molar-refractivity contribution in [3.8, 4) is 0 Å². The molecule has 0 saturated heterocycles. The maximum atomic E-state index is 12.8. The highest BCUT2D eigenvalue weighted by molar-refractivity contribution is 9.11. The lowest BCUT2D eigenvalue weighted by Crippen LogP contribution is -2.39. The third kappa shape index (κ3) is 3.15. The molecule has 0 saturated carbocycles. The van der Waals surface area contributed by atoms with Crippen molar-refractivity contribution >= 4 is 36.5 Å². The Morgan fingerprint density at radius 2 is 1.83 bits per heavy atom. The fourth-order valence-electron chi connectivity index (χ4n) is 2.89. The molecule has 0 aromatic heterocycles. The molecule has 3 rings (SSSR count). The largest absolute Gasteiger partial charge is 0.227 e. The second kappa shape index (κ2) is 6.25. The van der Waals surface area contributed by atoms with Crippen LogP contribution in [0.5, 0.6) is 0 Å². The van der Waals surface area contributed by atoms with Crippen LogP contribution < -0.4 is 0 Å². The quantitative estimate of drug-likeness (QED) is 0.711. The van der Waals surface area contributed by atoms with Gasteiger partial charge in [0.15, 0.2) is 13.5 Å². The molecular formula is C19H19BrO2S. The van der Waals surface area contributed by atoms with E-state index in [0.29, 0.717) is 6.42 Å². The summed E-state index contributed by atoms with van der Waals surface area (Å²) >= 11 is 3.47. The van der Waals surface area contributed by atoms with E-state index in [1.54, 1.807) is 12.2 Å². The zero-order valence-corrected chi connectivity index (χ0v) is 15.3. The number of allylic oxidation sites excluding steroid dienone is 3. The number of hydrogen-bond donors (Lipinski definition) is 0. The van der Waals surface area contributed by atoms with Gasteiger partial charge in [0, 0.05) is 5.92 Å². The highest BCUT2D eigenvalue weighted by Gasteiger charge is 2.43. The minimum absolute atomic E-state index is 0.0888. The van der Waals surface area contributed by atoms with Gasteiger partial charge in [0.2, 0.25) is 0 Å². The SMILES string of the molecule is CC1C=CC=CC1(Br)S(=O)(=O)CCc1ccc2ccccc2c1. The molecule has 0 radical (unpaired) electrons. The first kappa shape index (κ1) is 16.5. The molecule has 0 aliphatic heterocycles. The molecule has 2 aromatic carbocycles. The van der Waals surface area contributed by atoms with E-state index in [4.69, 9.17) is 0 Å². The van der Waals surface area contributed by atoms with Crippen LogP contribution in [0, 0.1) is 5.92 Å². The van der Waals surface area contributed by atoms with E-state index >= 15 is 0 Å². The van der Waals surface area contributed by atoms with Crippen LogP contribution in [-0.4, -0.2) is 17.8 Å². The van der Waals surface area contributed by atoms with Gasteiger partial charge in [-0.1, -0.05) is 89.6 Å². The molecule has 1 aliphatic rings. The van der Waals surface area contributed by atoms with E-state index in [9.17, 15) is 8.42 Å². The second-order valence-electron chi connectivity index (χ2n) is 5.98.